The molecule has 0 saturated carbocycles. The first-order valence-electron chi connectivity index (χ1n) is 9.06. The number of imidazole rings is 1. The maximum Gasteiger partial charge on any atom is 0.222 e. The third-order valence-electron chi connectivity index (χ3n) is 4.87. The van der Waals surface area contributed by atoms with Crippen LogP contribution in [0.3, 0.4) is 0 Å². The lowest BCUT2D eigenvalue weighted by Gasteiger charge is -2.33. The molecule has 146 valence electrons. The Labute approximate surface area is 168 Å². The van der Waals surface area contributed by atoms with Crippen LogP contribution in [0.1, 0.15) is 57.3 Å². The quantitative estimate of drug-likeness (QED) is 0.826. The molecule has 1 amide bonds. The van der Waals surface area contributed by atoms with E-state index in [0.717, 1.165) is 43.7 Å². The predicted octanol–water partition coefficient (Wildman–Crippen LogP) is 3.91. The van der Waals surface area contributed by atoms with Crippen molar-refractivity contribution in [2.75, 3.05) is 19.6 Å². The maximum atomic E-state index is 12.4. The molecule has 0 bridgehead atoms. The lowest BCUT2D eigenvalue weighted by Crippen LogP contribution is -2.40. The summed E-state index contributed by atoms with van der Waals surface area (Å²) in [7, 11) is 0. The number of amides is 1. The van der Waals surface area contributed by atoms with E-state index < -0.39 is 0 Å². The minimum absolute atomic E-state index is 0. The van der Waals surface area contributed by atoms with Gasteiger partial charge in [-0.3, -0.25) is 4.79 Å². The maximum absolute atomic E-state index is 12.4. The van der Waals surface area contributed by atoms with Crippen LogP contribution in [0.15, 0.2) is 24.3 Å². The van der Waals surface area contributed by atoms with Gasteiger partial charge in [-0.05, 0) is 51.8 Å². The molecule has 1 aliphatic heterocycles. The molecule has 1 aliphatic rings. The summed E-state index contributed by atoms with van der Waals surface area (Å²) < 4.78 is 2.34. The summed E-state index contributed by atoms with van der Waals surface area (Å²) >= 11 is 0. The van der Waals surface area contributed by atoms with Gasteiger partial charge in [-0.1, -0.05) is 12.1 Å². The molecule has 1 aromatic heterocycles. The normalized spacial score (nSPS) is 17.1. The number of halogens is 2. The molecule has 1 saturated heterocycles. The Morgan fingerprint density at radius 2 is 2.04 bits per heavy atom. The summed E-state index contributed by atoms with van der Waals surface area (Å²) in [4.78, 5) is 19.3. The van der Waals surface area contributed by atoms with E-state index in [9.17, 15) is 4.79 Å². The molecular formula is C19H30Cl2N4O. The Morgan fingerprint density at radius 3 is 2.73 bits per heavy atom. The molecule has 1 unspecified atom stereocenters. The highest BCUT2D eigenvalue weighted by Crippen LogP contribution is 2.31. The van der Waals surface area contributed by atoms with Crippen molar-refractivity contribution < 1.29 is 4.79 Å². The molecule has 0 spiro atoms. The van der Waals surface area contributed by atoms with Crippen LogP contribution in [0.4, 0.5) is 0 Å². The van der Waals surface area contributed by atoms with Gasteiger partial charge in [-0.25, -0.2) is 4.98 Å². The van der Waals surface area contributed by atoms with Gasteiger partial charge in [0.05, 0.1) is 11.0 Å². The molecule has 1 aromatic carbocycles. The van der Waals surface area contributed by atoms with Crippen molar-refractivity contribution in [2.45, 2.75) is 51.5 Å². The van der Waals surface area contributed by atoms with Crippen molar-refractivity contribution in [3.63, 3.8) is 0 Å². The fraction of sp³-hybridized carbons (Fsp3) is 0.579. The number of likely N-dealkylation sites (tertiary alicyclic amines) is 1. The van der Waals surface area contributed by atoms with Gasteiger partial charge in [0.2, 0.25) is 5.91 Å². The molecule has 2 N–H and O–H groups in total. The monoisotopic (exact) mass is 400 g/mol. The summed E-state index contributed by atoms with van der Waals surface area (Å²) in [6, 6.07) is 8.67. The zero-order valence-corrected chi connectivity index (χ0v) is 17.2. The molecular weight excluding hydrogens is 371 g/mol. The Bertz CT molecular complexity index is 717. The van der Waals surface area contributed by atoms with Crippen LogP contribution in [0, 0.1) is 0 Å². The molecule has 0 aliphatic carbocycles. The molecule has 2 heterocycles. The van der Waals surface area contributed by atoms with Gasteiger partial charge in [0.15, 0.2) is 0 Å². The van der Waals surface area contributed by atoms with E-state index >= 15 is 0 Å². The first kappa shape index (κ1) is 22.7. The van der Waals surface area contributed by atoms with Gasteiger partial charge < -0.3 is 15.2 Å². The van der Waals surface area contributed by atoms with Crippen molar-refractivity contribution in [1.29, 1.82) is 0 Å². The number of hydrogen-bond acceptors (Lipinski definition) is 3. The third-order valence-corrected chi connectivity index (χ3v) is 4.87. The molecule has 2 aromatic rings. The average molecular weight is 401 g/mol. The Balaban J connectivity index is 0.00000169. The Hall–Kier alpha value is -1.30. The van der Waals surface area contributed by atoms with Gasteiger partial charge in [0, 0.05) is 31.5 Å². The number of hydrogen-bond donors (Lipinski definition) is 1. The number of piperidine rings is 1. The average Bonchev–Trinajstić information content (AvgIpc) is 2.99. The summed E-state index contributed by atoms with van der Waals surface area (Å²) in [6.45, 7) is 6.61. The van der Waals surface area contributed by atoms with Crippen molar-refractivity contribution in [3.05, 3.63) is 30.1 Å². The highest BCUT2D eigenvalue weighted by molar-refractivity contribution is 5.85. The number of benzene rings is 1. The first-order valence-corrected chi connectivity index (χ1v) is 9.06. The lowest BCUT2D eigenvalue weighted by molar-refractivity contribution is -0.132. The number of carbonyl (C=O) groups is 1. The Morgan fingerprint density at radius 1 is 1.31 bits per heavy atom. The number of rotatable bonds is 5. The topological polar surface area (TPSA) is 64.2 Å². The fourth-order valence-electron chi connectivity index (χ4n) is 3.72. The third kappa shape index (κ3) is 4.70. The molecule has 3 rings (SSSR count). The molecule has 1 fully saturated rings. The minimum Gasteiger partial charge on any atom is -0.342 e. The summed E-state index contributed by atoms with van der Waals surface area (Å²) in [5.41, 5.74) is 7.77. The minimum atomic E-state index is 0. The van der Waals surface area contributed by atoms with Crippen molar-refractivity contribution in [2.24, 2.45) is 5.73 Å². The summed E-state index contributed by atoms with van der Waals surface area (Å²) in [5, 5.41) is 0. The second-order valence-corrected chi connectivity index (χ2v) is 6.99. The largest absolute Gasteiger partial charge is 0.342 e. The van der Waals surface area contributed by atoms with E-state index in [2.05, 4.69) is 36.6 Å². The second kappa shape index (κ2) is 10.1. The van der Waals surface area contributed by atoms with E-state index in [-0.39, 0.29) is 30.7 Å². The fourth-order valence-corrected chi connectivity index (χ4v) is 3.72. The van der Waals surface area contributed by atoms with E-state index in [4.69, 9.17) is 10.7 Å². The number of fused-ring (bicyclic) bond motifs is 1. The standard InChI is InChI=1S/C19H28N4O.2ClH/c1-14(2)23-17-9-4-3-8-16(17)21-19(23)15-7-6-12-22(13-15)18(24)10-5-11-20;;/h3-4,8-9,14-15H,5-7,10-13,20H2,1-2H3;2*1H. The van der Waals surface area contributed by atoms with Gasteiger partial charge in [-0.2, -0.15) is 0 Å². The predicted molar refractivity (Wildman–Crippen MR) is 111 cm³/mol. The van der Waals surface area contributed by atoms with Crippen LogP contribution < -0.4 is 5.73 Å². The first-order chi connectivity index (χ1) is 11.6. The summed E-state index contributed by atoms with van der Waals surface area (Å²) in [6.07, 6.45) is 3.46. The molecule has 1 atom stereocenters. The number of aromatic nitrogens is 2. The number of para-hydroxylation sites is 2. The van der Waals surface area contributed by atoms with Gasteiger partial charge >= 0.3 is 0 Å². The molecule has 5 nitrogen and oxygen atoms in total. The van der Waals surface area contributed by atoms with Crippen LogP contribution in [-0.2, 0) is 4.79 Å². The van der Waals surface area contributed by atoms with E-state index in [1.807, 2.05) is 11.0 Å². The number of nitrogens with two attached hydrogens (primary N) is 1. The molecule has 7 heteroatoms. The molecule has 0 radical (unpaired) electrons. The van der Waals surface area contributed by atoms with Crippen molar-refractivity contribution in [1.82, 2.24) is 14.5 Å². The van der Waals surface area contributed by atoms with E-state index in [1.54, 1.807) is 0 Å². The van der Waals surface area contributed by atoms with Crippen LogP contribution in [0.25, 0.3) is 11.0 Å². The van der Waals surface area contributed by atoms with Gasteiger partial charge in [-0.15, -0.1) is 24.8 Å². The smallest absolute Gasteiger partial charge is 0.222 e. The number of nitrogens with zero attached hydrogens (tertiary/aromatic N) is 3. The van der Waals surface area contributed by atoms with Crippen LogP contribution in [0.5, 0.6) is 0 Å². The van der Waals surface area contributed by atoms with E-state index in [1.165, 1.54) is 5.52 Å². The highest BCUT2D eigenvalue weighted by Gasteiger charge is 2.28. The second-order valence-electron chi connectivity index (χ2n) is 6.99. The van der Waals surface area contributed by atoms with E-state index in [0.29, 0.717) is 24.9 Å². The van der Waals surface area contributed by atoms with Crippen molar-refractivity contribution in [3.8, 4) is 0 Å². The van der Waals surface area contributed by atoms with Crippen molar-refractivity contribution >= 4 is 41.8 Å². The Kier molecular flexibility index (Phi) is 8.87. The number of carbonyl (C=O) groups excluding carboxylic acids is 1. The van der Waals surface area contributed by atoms with Crippen LogP contribution >= 0.6 is 24.8 Å². The van der Waals surface area contributed by atoms with Gasteiger partial charge in [0.25, 0.3) is 0 Å². The zero-order chi connectivity index (χ0) is 17.1. The van der Waals surface area contributed by atoms with Crippen LogP contribution in [-0.4, -0.2) is 40.0 Å². The zero-order valence-electron chi connectivity index (χ0n) is 15.6. The SMILES string of the molecule is CC(C)n1c(C2CCCN(C(=O)CCCN)C2)nc2ccccc21.Cl.Cl. The van der Waals surface area contributed by atoms with Crippen LogP contribution in [0.2, 0.25) is 0 Å². The summed E-state index contributed by atoms with van der Waals surface area (Å²) in [5.74, 6) is 1.68. The van der Waals surface area contributed by atoms with Gasteiger partial charge in [0.1, 0.15) is 5.82 Å². The molecule has 26 heavy (non-hydrogen) atoms. The highest BCUT2D eigenvalue weighted by atomic mass is 35.5. The lowest BCUT2D eigenvalue weighted by atomic mass is 9.96.